The van der Waals surface area contributed by atoms with Gasteiger partial charge in [0, 0.05) is 44.3 Å². The van der Waals surface area contributed by atoms with Crippen molar-refractivity contribution in [1.29, 1.82) is 0 Å². The van der Waals surface area contributed by atoms with Crippen LogP contribution in [0.1, 0.15) is 5.56 Å². The number of phenolic OH excluding ortho intramolecular Hbond substituents is 1. The molecule has 0 saturated carbocycles. The van der Waals surface area contributed by atoms with Gasteiger partial charge in [-0.3, -0.25) is 14.6 Å². The van der Waals surface area contributed by atoms with Crippen molar-refractivity contribution in [3.05, 3.63) is 36.0 Å². The van der Waals surface area contributed by atoms with Gasteiger partial charge in [-0.05, 0) is 17.7 Å². The number of pyridine rings is 1. The molecule has 5 N–H and O–H groups in total. The zero-order valence-electron chi connectivity index (χ0n) is 15.7. The number of hydrogen-bond acceptors (Lipinski definition) is 6. The van der Waals surface area contributed by atoms with E-state index in [-0.39, 0.29) is 67.8 Å². The third-order valence-corrected chi connectivity index (χ3v) is 4.70. The molecule has 0 spiro atoms. The van der Waals surface area contributed by atoms with Crippen molar-refractivity contribution in [1.82, 2.24) is 14.8 Å². The fourth-order valence-corrected chi connectivity index (χ4v) is 3.16. The zero-order chi connectivity index (χ0) is 18.7. The number of rotatable bonds is 4. The van der Waals surface area contributed by atoms with Crippen LogP contribution in [0.15, 0.2) is 30.5 Å². The van der Waals surface area contributed by atoms with Gasteiger partial charge in [-0.1, -0.05) is 12.1 Å². The van der Waals surface area contributed by atoms with Gasteiger partial charge in [0.15, 0.2) is 0 Å². The molecule has 2 aromatic rings. The van der Waals surface area contributed by atoms with Crippen LogP contribution < -0.4 is 11.5 Å². The molecule has 3 rings (SSSR count). The average Bonchev–Trinajstić information content (AvgIpc) is 2.69. The van der Waals surface area contributed by atoms with Crippen LogP contribution in [0.4, 0.5) is 0 Å². The molecule has 29 heavy (non-hydrogen) atoms. The molecular formula is C18H26Cl3N5O3. The van der Waals surface area contributed by atoms with E-state index >= 15 is 0 Å². The van der Waals surface area contributed by atoms with Crippen molar-refractivity contribution in [2.24, 2.45) is 11.5 Å². The first kappa shape index (κ1) is 27.2. The van der Waals surface area contributed by atoms with Crippen molar-refractivity contribution in [3.63, 3.8) is 0 Å². The third kappa shape index (κ3) is 6.07. The highest BCUT2D eigenvalue weighted by atomic mass is 35.5. The highest BCUT2D eigenvalue weighted by molar-refractivity contribution is 5.91. The number of nitrogens with zero attached hydrogens (tertiary/aromatic N) is 3. The Labute approximate surface area is 187 Å². The van der Waals surface area contributed by atoms with Crippen LogP contribution >= 0.6 is 37.2 Å². The molecule has 11 heteroatoms. The molecule has 1 aromatic heterocycles. The minimum Gasteiger partial charge on any atom is -0.506 e. The summed E-state index contributed by atoms with van der Waals surface area (Å²) in [5.41, 5.74) is 12.4. The Morgan fingerprint density at radius 2 is 1.69 bits per heavy atom. The average molecular weight is 467 g/mol. The van der Waals surface area contributed by atoms with E-state index in [1.54, 1.807) is 34.2 Å². The van der Waals surface area contributed by atoms with Gasteiger partial charge >= 0.3 is 0 Å². The predicted octanol–water partition coefficient (Wildman–Crippen LogP) is 0.705. The zero-order valence-corrected chi connectivity index (χ0v) is 18.1. The quantitative estimate of drug-likeness (QED) is 0.609. The smallest absolute Gasteiger partial charge is 0.240 e. The number of aromatic nitrogens is 1. The first-order chi connectivity index (χ1) is 12.5. The van der Waals surface area contributed by atoms with Gasteiger partial charge in [0.05, 0.1) is 12.5 Å². The highest BCUT2D eigenvalue weighted by Crippen LogP contribution is 2.26. The molecule has 2 heterocycles. The molecule has 1 aromatic carbocycles. The van der Waals surface area contributed by atoms with Gasteiger partial charge in [0.2, 0.25) is 11.8 Å². The fourth-order valence-electron chi connectivity index (χ4n) is 3.16. The molecule has 8 nitrogen and oxygen atoms in total. The van der Waals surface area contributed by atoms with Crippen molar-refractivity contribution in [2.45, 2.75) is 12.5 Å². The summed E-state index contributed by atoms with van der Waals surface area (Å²) in [7, 11) is 0. The van der Waals surface area contributed by atoms with E-state index < -0.39 is 6.04 Å². The predicted molar refractivity (Wildman–Crippen MR) is 119 cm³/mol. The number of carbonyl (C=O) groups excluding carboxylic acids is 2. The van der Waals surface area contributed by atoms with E-state index in [1.165, 1.54) is 0 Å². The lowest BCUT2D eigenvalue weighted by Gasteiger charge is -2.35. The molecular weight excluding hydrogens is 441 g/mol. The third-order valence-electron chi connectivity index (χ3n) is 4.70. The van der Waals surface area contributed by atoms with Crippen LogP contribution in [0, 0.1) is 0 Å². The van der Waals surface area contributed by atoms with E-state index in [0.29, 0.717) is 31.7 Å². The number of benzene rings is 1. The number of aromatic hydroxyl groups is 1. The van der Waals surface area contributed by atoms with Gasteiger partial charge in [-0.2, -0.15) is 0 Å². The lowest BCUT2D eigenvalue weighted by molar-refractivity contribution is -0.139. The van der Waals surface area contributed by atoms with Gasteiger partial charge in [-0.15, -0.1) is 37.2 Å². The summed E-state index contributed by atoms with van der Waals surface area (Å²) in [5, 5.41) is 10.7. The summed E-state index contributed by atoms with van der Waals surface area (Å²) in [6.07, 6.45) is 1.83. The Balaban J connectivity index is 0.00000261. The van der Waals surface area contributed by atoms with Crippen LogP contribution in [-0.4, -0.2) is 70.5 Å². The van der Waals surface area contributed by atoms with Crippen molar-refractivity contribution in [2.75, 3.05) is 32.7 Å². The number of halogens is 3. The summed E-state index contributed by atoms with van der Waals surface area (Å²) in [5.74, 6) is -0.0913. The Morgan fingerprint density at radius 3 is 2.31 bits per heavy atom. The van der Waals surface area contributed by atoms with Crippen LogP contribution in [0.2, 0.25) is 0 Å². The highest BCUT2D eigenvalue weighted by Gasteiger charge is 2.26. The molecule has 1 fully saturated rings. The fraction of sp³-hybridized carbons (Fsp3) is 0.389. The standard InChI is InChI=1S/C18H23N5O3.3ClH/c19-11-14(20)18(26)23-8-6-22(7-9-23)16(25)10-12-3-4-15(24)17-13(12)2-1-5-21-17;;;/h1-5,14,24H,6-11,19-20H2;3*1H/t14-;;;/m1.../s1. The maximum atomic E-state index is 12.7. The number of nitrogens with two attached hydrogens (primary N) is 2. The molecule has 1 atom stereocenters. The minimum atomic E-state index is -0.687. The second-order valence-corrected chi connectivity index (χ2v) is 6.37. The maximum absolute atomic E-state index is 12.7. The van der Waals surface area contributed by atoms with E-state index in [2.05, 4.69) is 4.98 Å². The molecule has 0 unspecified atom stereocenters. The number of hydrogen-bond donors (Lipinski definition) is 3. The summed E-state index contributed by atoms with van der Waals surface area (Å²) in [6, 6.07) is 6.24. The van der Waals surface area contributed by atoms with E-state index in [9.17, 15) is 14.7 Å². The van der Waals surface area contributed by atoms with Crippen LogP contribution in [0.5, 0.6) is 5.75 Å². The van der Waals surface area contributed by atoms with E-state index in [4.69, 9.17) is 11.5 Å². The number of carbonyl (C=O) groups is 2. The van der Waals surface area contributed by atoms with Crippen molar-refractivity contribution >= 4 is 59.9 Å². The monoisotopic (exact) mass is 465 g/mol. The van der Waals surface area contributed by atoms with E-state index in [0.717, 1.165) is 10.9 Å². The molecule has 2 amide bonds. The molecule has 162 valence electrons. The second-order valence-electron chi connectivity index (χ2n) is 6.37. The lowest BCUT2D eigenvalue weighted by Crippen LogP contribution is -2.55. The van der Waals surface area contributed by atoms with Crippen LogP contribution in [-0.2, 0) is 16.0 Å². The van der Waals surface area contributed by atoms with Gasteiger partial charge in [0.1, 0.15) is 11.3 Å². The van der Waals surface area contributed by atoms with E-state index in [1.807, 2.05) is 6.07 Å². The first-order valence-electron chi connectivity index (χ1n) is 8.59. The lowest BCUT2D eigenvalue weighted by atomic mass is 10.0. The number of piperazine rings is 1. The molecule has 0 bridgehead atoms. The van der Waals surface area contributed by atoms with Gasteiger partial charge < -0.3 is 26.4 Å². The normalized spacial score (nSPS) is 14.3. The van der Waals surface area contributed by atoms with Gasteiger partial charge in [0.25, 0.3) is 0 Å². The minimum absolute atomic E-state index is 0. The molecule has 1 saturated heterocycles. The first-order valence-corrected chi connectivity index (χ1v) is 8.59. The Bertz CT molecular complexity index is 831. The van der Waals surface area contributed by atoms with Crippen molar-refractivity contribution < 1.29 is 14.7 Å². The summed E-state index contributed by atoms with van der Waals surface area (Å²) >= 11 is 0. The summed E-state index contributed by atoms with van der Waals surface area (Å²) in [6.45, 7) is 1.96. The SMILES string of the molecule is Cl.Cl.Cl.NC[C@@H](N)C(=O)N1CCN(C(=O)Cc2ccc(O)c3ncccc23)CC1. The number of phenols is 1. The van der Waals surface area contributed by atoms with Gasteiger partial charge in [-0.25, -0.2) is 0 Å². The maximum Gasteiger partial charge on any atom is 0.240 e. The molecule has 0 radical (unpaired) electrons. The molecule has 1 aliphatic heterocycles. The Morgan fingerprint density at radius 1 is 1.07 bits per heavy atom. The summed E-state index contributed by atoms with van der Waals surface area (Å²) < 4.78 is 0. The molecule has 1 aliphatic rings. The van der Waals surface area contributed by atoms with Crippen LogP contribution in [0.3, 0.4) is 0 Å². The number of amides is 2. The largest absolute Gasteiger partial charge is 0.506 e. The topological polar surface area (TPSA) is 126 Å². The van der Waals surface area contributed by atoms with Crippen molar-refractivity contribution in [3.8, 4) is 5.75 Å². The van der Waals surface area contributed by atoms with Crippen LogP contribution in [0.25, 0.3) is 10.9 Å². The Hall–Kier alpha value is -1.84. The second kappa shape index (κ2) is 12.0. The molecule has 0 aliphatic carbocycles. The Kier molecular flexibility index (Phi) is 11.2. The summed E-state index contributed by atoms with van der Waals surface area (Å²) in [4.78, 5) is 32.3. The number of fused-ring (bicyclic) bond motifs is 1.